The molecule has 1 N–H and O–H groups in total. The first kappa shape index (κ1) is 23.3. The number of carboxylic acids is 1. The topological polar surface area (TPSA) is 91.0 Å². The number of hydrogen-bond acceptors (Lipinski definition) is 7. The SMILES string of the molecule is Cc1oc(-c2cc3c(c(C(F)(F)F)c2)OCO3)nc1CCOCCCCSCC(=O)O. The number of fused-ring (bicyclic) bond motifs is 1. The van der Waals surface area contributed by atoms with E-state index in [0.717, 1.165) is 24.7 Å². The molecular formula is C20H22F3NO6S. The van der Waals surface area contributed by atoms with Crippen molar-refractivity contribution in [2.75, 3.05) is 31.5 Å². The molecule has 170 valence electrons. The summed E-state index contributed by atoms with van der Waals surface area (Å²) in [5.74, 6) is 0.307. The maximum absolute atomic E-state index is 13.4. The number of benzene rings is 1. The molecule has 2 heterocycles. The van der Waals surface area contributed by atoms with Crippen LogP contribution in [0.5, 0.6) is 11.5 Å². The molecule has 2 aromatic rings. The number of thioether (sulfide) groups is 1. The number of carbonyl (C=O) groups is 1. The monoisotopic (exact) mass is 461 g/mol. The number of oxazole rings is 1. The number of ether oxygens (including phenoxy) is 3. The summed E-state index contributed by atoms with van der Waals surface area (Å²) < 4.78 is 61.3. The molecule has 7 nitrogen and oxygen atoms in total. The van der Waals surface area contributed by atoms with Gasteiger partial charge in [-0.25, -0.2) is 4.98 Å². The lowest BCUT2D eigenvalue weighted by atomic mass is 10.1. The first-order valence-electron chi connectivity index (χ1n) is 9.60. The van der Waals surface area contributed by atoms with E-state index in [-0.39, 0.29) is 35.5 Å². The molecule has 1 aromatic carbocycles. The number of carboxylic acid groups (broad SMARTS) is 1. The van der Waals surface area contributed by atoms with E-state index in [1.807, 2.05) is 0 Å². The number of aromatic nitrogens is 1. The molecule has 0 radical (unpaired) electrons. The lowest BCUT2D eigenvalue weighted by molar-refractivity contribution is -0.138. The van der Waals surface area contributed by atoms with E-state index in [2.05, 4.69) is 4.98 Å². The lowest BCUT2D eigenvalue weighted by Crippen LogP contribution is -2.07. The van der Waals surface area contributed by atoms with Crippen LogP contribution in [0.3, 0.4) is 0 Å². The van der Waals surface area contributed by atoms with E-state index in [9.17, 15) is 18.0 Å². The van der Waals surface area contributed by atoms with Crippen molar-refractivity contribution >= 4 is 17.7 Å². The zero-order valence-electron chi connectivity index (χ0n) is 16.8. The average Bonchev–Trinajstić information content (AvgIpc) is 3.31. The second-order valence-corrected chi connectivity index (χ2v) is 7.90. The Labute approximate surface area is 180 Å². The van der Waals surface area contributed by atoms with Crippen molar-refractivity contribution in [2.24, 2.45) is 0 Å². The van der Waals surface area contributed by atoms with Crippen molar-refractivity contribution in [2.45, 2.75) is 32.4 Å². The van der Waals surface area contributed by atoms with Crippen molar-refractivity contribution < 1.29 is 41.7 Å². The van der Waals surface area contributed by atoms with Crippen molar-refractivity contribution in [3.05, 3.63) is 29.2 Å². The summed E-state index contributed by atoms with van der Waals surface area (Å²) in [6, 6.07) is 2.37. The molecule has 0 amide bonds. The maximum Gasteiger partial charge on any atom is 0.420 e. The van der Waals surface area contributed by atoms with Gasteiger partial charge in [-0.3, -0.25) is 4.79 Å². The third-order valence-electron chi connectivity index (χ3n) is 4.45. The normalized spacial score (nSPS) is 13.0. The minimum absolute atomic E-state index is 0.00655. The molecule has 0 aliphatic carbocycles. The second kappa shape index (κ2) is 10.3. The fourth-order valence-corrected chi connectivity index (χ4v) is 3.69. The van der Waals surface area contributed by atoms with E-state index in [4.69, 9.17) is 23.7 Å². The molecule has 0 bridgehead atoms. The van der Waals surface area contributed by atoms with Gasteiger partial charge < -0.3 is 23.7 Å². The van der Waals surface area contributed by atoms with Gasteiger partial charge in [0.05, 0.1) is 18.1 Å². The minimum atomic E-state index is -4.60. The van der Waals surface area contributed by atoms with Gasteiger partial charge in [-0.05, 0) is 37.7 Å². The molecular weight excluding hydrogens is 439 g/mol. The highest BCUT2D eigenvalue weighted by Crippen LogP contribution is 2.46. The van der Waals surface area contributed by atoms with Crippen LogP contribution >= 0.6 is 11.8 Å². The van der Waals surface area contributed by atoms with Gasteiger partial charge in [-0.1, -0.05) is 0 Å². The first-order chi connectivity index (χ1) is 14.8. The highest BCUT2D eigenvalue weighted by atomic mass is 32.2. The summed E-state index contributed by atoms with van der Waals surface area (Å²) in [7, 11) is 0. The number of unbranched alkanes of at least 4 members (excludes halogenated alkanes) is 1. The summed E-state index contributed by atoms with van der Waals surface area (Å²) >= 11 is 1.37. The zero-order valence-corrected chi connectivity index (χ0v) is 17.6. The molecule has 0 unspecified atom stereocenters. The highest BCUT2D eigenvalue weighted by Gasteiger charge is 2.38. The maximum atomic E-state index is 13.4. The Bertz CT molecular complexity index is 915. The third kappa shape index (κ3) is 6.30. The number of alkyl halides is 3. The standard InChI is InChI=1S/C20H22F3NO6S/c1-12-15(4-6-27-5-2-3-7-31-10-17(25)26)24-19(30-12)13-8-14(20(21,22)23)18-16(9-13)28-11-29-18/h8-9H,2-7,10-11H2,1H3,(H,25,26). The van der Waals surface area contributed by atoms with E-state index >= 15 is 0 Å². The summed E-state index contributed by atoms with van der Waals surface area (Å²) in [6.45, 7) is 2.36. The Kier molecular flexibility index (Phi) is 7.71. The van der Waals surface area contributed by atoms with Gasteiger partial charge in [0.25, 0.3) is 0 Å². The smallest absolute Gasteiger partial charge is 0.420 e. The van der Waals surface area contributed by atoms with E-state index in [1.54, 1.807) is 6.92 Å². The van der Waals surface area contributed by atoms with E-state index < -0.39 is 17.7 Å². The number of aliphatic carboxylic acids is 1. The van der Waals surface area contributed by atoms with Crippen molar-refractivity contribution in [3.8, 4) is 23.0 Å². The summed E-state index contributed by atoms with van der Waals surface area (Å²) in [6.07, 6.45) is -2.47. The largest absolute Gasteiger partial charge is 0.481 e. The molecule has 0 atom stereocenters. The Hall–Kier alpha value is -2.40. The second-order valence-electron chi connectivity index (χ2n) is 6.79. The van der Waals surface area contributed by atoms with Gasteiger partial charge >= 0.3 is 12.1 Å². The molecule has 0 saturated carbocycles. The zero-order chi connectivity index (χ0) is 22.4. The minimum Gasteiger partial charge on any atom is -0.481 e. The Balaban J connectivity index is 1.54. The van der Waals surface area contributed by atoms with E-state index in [1.165, 1.54) is 17.8 Å². The van der Waals surface area contributed by atoms with Crippen LogP contribution in [-0.4, -0.2) is 47.6 Å². The van der Waals surface area contributed by atoms with Gasteiger partial charge in [0.15, 0.2) is 11.5 Å². The Morgan fingerprint density at radius 3 is 2.81 bits per heavy atom. The quantitative estimate of drug-likeness (QED) is 0.487. The number of rotatable bonds is 11. The van der Waals surface area contributed by atoms with Crippen LogP contribution in [0.4, 0.5) is 13.2 Å². The number of nitrogens with zero attached hydrogens (tertiary/aromatic N) is 1. The molecule has 1 aromatic heterocycles. The van der Waals surface area contributed by atoms with Crippen molar-refractivity contribution in [1.29, 1.82) is 0 Å². The fraction of sp³-hybridized carbons (Fsp3) is 0.500. The predicted molar refractivity (Wildman–Crippen MR) is 107 cm³/mol. The fourth-order valence-electron chi connectivity index (χ4n) is 2.97. The van der Waals surface area contributed by atoms with Gasteiger partial charge in [-0.15, -0.1) is 0 Å². The average molecular weight is 461 g/mol. The molecule has 11 heteroatoms. The number of hydrogen-bond donors (Lipinski definition) is 1. The molecule has 0 spiro atoms. The van der Waals surface area contributed by atoms with Crippen LogP contribution < -0.4 is 9.47 Å². The molecule has 31 heavy (non-hydrogen) atoms. The van der Waals surface area contributed by atoms with Gasteiger partial charge in [-0.2, -0.15) is 24.9 Å². The number of aryl methyl sites for hydroxylation is 1. The van der Waals surface area contributed by atoms with Crippen LogP contribution in [0, 0.1) is 6.92 Å². The van der Waals surface area contributed by atoms with Crippen molar-refractivity contribution in [3.63, 3.8) is 0 Å². The highest BCUT2D eigenvalue weighted by molar-refractivity contribution is 7.99. The van der Waals surface area contributed by atoms with Crippen LogP contribution in [0.15, 0.2) is 16.5 Å². The van der Waals surface area contributed by atoms with Gasteiger partial charge in [0.1, 0.15) is 11.3 Å². The van der Waals surface area contributed by atoms with Gasteiger partial charge in [0, 0.05) is 18.6 Å². The first-order valence-corrected chi connectivity index (χ1v) is 10.8. The molecule has 0 saturated heterocycles. The lowest BCUT2D eigenvalue weighted by Gasteiger charge is -2.10. The Morgan fingerprint density at radius 2 is 2.06 bits per heavy atom. The molecule has 0 fully saturated rings. The summed E-state index contributed by atoms with van der Waals surface area (Å²) in [4.78, 5) is 14.8. The van der Waals surface area contributed by atoms with Crippen LogP contribution in [-0.2, 0) is 22.1 Å². The summed E-state index contributed by atoms with van der Waals surface area (Å²) in [5.41, 5.74) is -0.163. The van der Waals surface area contributed by atoms with Gasteiger partial charge in [0.2, 0.25) is 12.7 Å². The predicted octanol–water partition coefficient (Wildman–Crippen LogP) is 4.55. The molecule has 1 aliphatic heterocycles. The van der Waals surface area contributed by atoms with E-state index in [0.29, 0.717) is 31.1 Å². The third-order valence-corrected chi connectivity index (χ3v) is 5.48. The van der Waals surface area contributed by atoms with Crippen LogP contribution in [0.1, 0.15) is 29.9 Å². The van der Waals surface area contributed by atoms with Crippen molar-refractivity contribution in [1.82, 2.24) is 4.98 Å². The number of halogens is 3. The molecule has 3 rings (SSSR count). The van der Waals surface area contributed by atoms with Crippen LogP contribution in [0.25, 0.3) is 11.5 Å². The Morgan fingerprint density at radius 1 is 1.26 bits per heavy atom. The molecule has 1 aliphatic rings. The van der Waals surface area contributed by atoms with Crippen LogP contribution in [0.2, 0.25) is 0 Å². The summed E-state index contributed by atoms with van der Waals surface area (Å²) in [5, 5.41) is 8.56.